The van der Waals surface area contributed by atoms with Gasteiger partial charge in [-0.1, -0.05) is 77.3 Å². The maximum absolute atomic E-state index is 13.9. The SMILES string of the molecule is O=C1OC(C(Cl)(Cl)Cl)P(=O)(c2ccccc2)Oc2cc3ccccc3cc21. The molecule has 0 saturated carbocycles. The van der Waals surface area contributed by atoms with Gasteiger partial charge in [-0.15, -0.1) is 0 Å². The van der Waals surface area contributed by atoms with Gasteiger partial charge in [-0.05, 0) is 35.0 Å². The van der Waals surface area contributed by atoms with E-state index in [1.807, 2.05) is 24.3 Å². The number of rotatable bonds is 1. The molecule has 3 aromatic carbocycles. The lowest BCUT2D eigenvalue weighted by Gasteiger charge is -2.29. The smallest absolute Gasteiger partial charge is 0.342 e. The van der Waals surface area contributed by atoms with Crippen molar-refractivity contribution in [3.05, 3.63) is 72.3 Å². The molecule has 0 N–H and O–H groups in total. The van der Waals surface area contributed by atoms with E-state index in [4.69, 9.17) is 44.1 Å². The number of hydrogen-bond donors (Lipinski definition) is 0. The molecule has 1 aliphatic heterocycles. The van der Waals surface area contributed by atoms with E-state index in [1.165, 1.54) is 0 Å². The van der Waals surface area contributed by atoms with Gasteiger partial charge < -0.3 is 9.26 Å². The minimum Gasteiger partial charge on any atom is -0.442 e. The Morgan fingerprint density at radius 3 is 2.11 bits per heavy atom. The van der Waals surface area contributed by atoms with Crippen molar-refractivity contribution < 1.29 is 18.6 Å². The van der Waals surface area contributed by atoms with Crippen LogP contribution in [0.2, 0.25) is 0 Å². The summed E-state index contributed by atoms with van der Waals surface area (Å²) in [4.78, 5) is 12.7. The van der Waals surface area contributed by atoms with E-state index in [0.29, 0.717) is 0 Å². The second kappa shape index (κ2) is 6.72. The van der Waals surface area contributed by atoms with Crippen molar-refractivity contribution >= 4 is 64.2 Å². The van der Waals surface area contributed by atoms with Crippen molar-refractivity contribution in [1.82, 2.24) is 0 Å². The van der Waals surface area contributed by atoms with Crippen LogP contribution in [0.1, 0.15) is 10.4 Å². The molecule has 2 atom stereocenters. The molecule has 1 heterocycles. The minimum atomic E-state index is -3.93. The number of alkyl halides is 3. The van der Waals surface area contributed by atoms with Crippen LogP contribution < -0.4 is 9.83 Å². The molecule has 0 aromatic heterocycles. The lowest BCUT2D eigenvalue weighted by atomic mass is 10.1. The fraction of sp³-hybridized carbons (Fsp3) is 0.105. The first kappa shape index (κ1) is 18.6. The quantitative estimate of drug-likeness (QED) is 0.277. The number of fused-ring (bicyclic) bond motifs is 2. The third kappa shape index (κ3) is 3.32. The van der Waals surface area contributed by atoms with Crippen LogP contribution >= 0.6 is 42.2 Å². The predicted molar refractivity (Wildman–Crippen MR) is 108 cm³/mol. The summed E-state index contributed by atoms with van der Waals surface area (Å²) >= 11 is 18.1. The Bertz CT molecular complexity index is 1080. The molecule has 4 nitrogen and oxygen atoms in total. The standard InChI is InChI=1S/C19H12Cl3O4P/c20-19(21,22)18-25-17(23)15-10-12-6-4-5-7-13(12)11-16(15)26-27(18,24)14-8-2-1-3-9-14/h1-11,18H. The van der Waals surface area contributed by atoms with Crippen molar-refractivity contribution in [2.75, 3.05) is 0 Å². The Hall–Kier alpha value is -1.71. The average Bonchev–Trinajstić information content (AvgIpc) is 2.75. The van der Waals surface area contributed by atoms with Gasteiger partial charge in [0.25, 0.3) is 0 Å². The van der Waals surface area contributed by atoms with Crippen molar-refractivity contribution in [2.24, 2.45) is 0 Å². The largest absolute Gasteiger partial charge is 0.442 e. The molecule has 0 aliphatic carbocycles. The molecule has 0 amide bonds. The molecule has 138 valence electrons. The Balaban J connectivity index is 1.96. The van der Waals surface area contributed by atoms with Crippen LogP contribution in [0.15, 0.2) is 66.7 Å². The molecule has 8 heteroatoms. The zero-order chi connectivity index (χ0) is 19.2. The van der Waals surface area contributed by atoms with Crippen LogP contribution in [-0.4, -0.2) is 15.6 Å². The lowest BCUT2D eigenvalue weighted by molar-refractivity contribution is 0.0449. The Morgan fingerprint density at radius 2 is 1.48 bits per heavy atom. The van der Waals surface area contributed by atoms with Gasteiger partial charge in [-0.2, -0.15) is 0 Å². The molecule has 3 aromatic rings. The van der Waals surface area contributed by atoms with Crippen molar-refractivity contribution in [3.8, 4) is 5.75 Å². The van der Waals surface area contributed by atoms with Gasteiger partial charge in [0.05, 0.1) is 5.30 Å². The first-order valence-electron chi connectivity index (χ1n) is 7.94. The highest BCUT2D eigenvalue weighted by atomic mass is 35.6. The highest BCUT2D eigenvalue weighted by Gasteiger charge is 2.54. The number of carbonyl (C=O) groups excluding carboxylic acids is 1. The van der Waals surface area contributed by atoms with E-state index in [1.54, 1.807) is 42.5 Å². The van der Waals surface area contributed by atoms with Crippen molar-refractivity contribution in [2.45, 2.75) is 9.64 Å². The summed E-state index contributed by atoms with van der Waals surface area (Å²) in [6, 6.07) is 18.9. The van der Waals surface area contributed by atoms with Gasteiger partial charge in [0, 0.05) is 0 Å². The van der Waals surface area contributed by atoms with Crippen LogP contribution in [0.4, 0.5) is 0 Å². The number of benzene rings is 3. The lowest BCUT2D eigenvalue weighted by Crippen LogP contribution is -2.34. The normalized spacial score (nSPS) is 22.5. The third-order valence-corrected chi connectivity index (χ3v) is 7.87. The maximum Gasteiger partial charge on any atom is 0.342 e. The molecular formula is C19H12Cl3O4P. The molecular weight excluding hydrogens is 430 g/mol. The second-order valence-electron chi connectivity index (χ2n) is 6.02. The summed E-state index contributed by atoms with van der Waals surface area (Å²) < 4.78 is 23.1. The van der Waals surface area contributed by atoms with Crippen molar-refractivity contribution in [1.29, 1.82) is 0 Å². The molecule has 0 spiro atoms. The van der Waals surface area contributed by atoms with E-state index in [-0.39, 0.29) is 16.6 Å². The number of cyclic esters (lactones) is 1. The fourth-order valence-corrected chi connectivity index (χ4v) is 6.38. The fourth-order valence-electron chi connectivity index (χ4n) is 2.97. The van der Waals surface area contributed by atoms with E-state index in [0.717, 1.165) is 10.8 Å². The topological polar surface area (TPSA) is 52.6 Å². The summed E-state index contributed by atoms with van der Waals surface area (Å²) in [6.07, 6.45) is 0. The molecule has 4 rings (SSSR count). The molecule has 1 aliphatic rings. The molecule has 2 unspecified atom stereocenters. The highest BCUT2D eigenvalue weighted by molar-refractivity contribution is 7.68. The van der Waals surface area contributed by atoms with Gasteiger partial charge in [-0.25, -0.2) is 4.79 Å². The summed E-state index contributed by atoms with van der Waals surface area (Å²) in [7, 11) is -3.93. The van der Waals surface area contributed by atoms with Gasteiger partial charge in [0.1, 0.15) is 11.3 Å². The first-order valence-corrected chi connectivity index (χ1v) is 10.8. The van der Waals surface area contributed by atoms with Crippen LogP contribution in [0, 0.1) is 0 Å². The van der Waals surface area contributed by atoms with E-state index >= 15 is 0 Å². The van der Waals surface area contributed by atoms with Crippen molar-refractivity contribution in [3.63, 3.8) is 0 Å². The molecule has 0 saturated heterocycles. The minimum absolute atomic E-state index is 0.126. The van der Waals surface area contributed by atoms with E-state index in [9.17, 15) is 9.36 Å². The monoisotopic (exact) mass is 440 g/mol. The third-order valence-electron chi connectivity index (χ3n) is 4.23. The van der Waals surface area contributed by atoms with E-state index in [2.05, 4.69) is 0 Å². The molecule has 0 fully saturated rings. The Morgan fingerprint density at radius 1 is 0.889 bits per heavy atom. The molecule has 27 heavy (non-hydrogen) atoms. The van der Waals surface area contributed by atoms with Gasteiger partial charge in [0.2, 0.25) is 9.64 Å². The Kier molecular flexibility index (Phi) is 4.64. The van der Waals surface area contributed by atoms with Crippen LogP contribution in [0.25, 0.3) is 10.8 Å². The summed E-state index contributed by atoms with van der Waals surface area (Å²) in [5.74, 6) is -2.23. The molecule has 0 bridgehead atoms. The van der Waals surface area contributed by atoms with Crippen LogP contribution in [-0.2, 0) is 9.30 Å². The average molecular weight is 442 g/mol. The second-order valence-corrected chi connectivity index (χ2v) is 10.7. The summed E-state index contributed by atoms with van der Waals surface area (Å²) in [6.45, 7) is 0. The number of ether oxygens (including phenoxy) is 1. The van der Waals surface area contributed by atoms with E-state index < -0.39 is 23.0 Å². The maximum atomic E-state index is 13.9. The zero-order valence-electron chi connectivity index (χ0n) is 13.6. The zero-order valence-corrected chi connectivity index (χ0v) is 16.8. The van der Waals surface area contributed by atoms with Crippen LogP contribution in [0.3, 0.4) is 0 Å². The van der Waals surface area contributed by atoms with Crippen LogP contribution in [0.5, 0.6) is 5.75 Å². The number of hydrogen-bond acceptors (Lipinski definition) is 4. The van der Waals surface area contributed by atoms with Gasteiger partial charge in [-0.3, -0.25) is 4.57 Å². The summed E-state index contributed by atoms with van der Waals surface area (Å²) in [5, 5.41) is 1.91. The number of esters is 1. The van der Waals surface area contributed by atoms with Gasteiger partial charge in [0.15, 0.2) is 0 Å². The molecule has 0 radical (unpaired) electrons. The predicted octanol–water partition coefficient (Wildman–Crippen LogP) is 5.69. The Labute approximate surface area is 170 Å². The first-order chi connectivity index (χ1) is 12.8. The highest BCUT2D eigenvalue weighted by Crippen LogP contribution is 2.60. The van der Waals surface area contributed by atoms with Gasteiger partial charge >= 0.3 is 13.3 Å². The number of carbonyl (C=O) groups is 1. The summed E-state index contributed by atoms with van der Waals surface area (Å²) in [5.41, 5.74) is 0.126. The number of halogens is 3.